The fourth-order valence-electron chi connectivity index (χ4n) is 2.61. The molecule has 0 aliphatic rings. The highest BCUT2D eigenvalue weighted by Crippen LogP contribution is 2.24. The summed E-state index contributed by atoms with van der Waals surface area (Å²) in [5, 5.41) is 0. The zero-order chi connectivity index (χ0) is 14.7. The van der Waals surface area contributed by atoms with Gasteiger partial charge < -0.3 is 10.3 Å². The maximum atomic E-state index is 6.38. The lowest BCUT2D eigenvalue weighted by molar-refractivity contribution is 0.457. The number of aryl methyl sites for hydroxylation is 1. The van der Waals surface area contributed by atoms with E-state index in [9.17, 15) is 0 Å². The molecule has 3 heteroatoms. The van der Waals surface area contributed by atoms with Gasteiger partial charge in [0.15, 0.2) is 0 Å². The monoisotopic (exact) mass is 273 g/mol. The van der Waals surface area contributed by atoms with Crippen LogP contribution in [0.4, 0.5) is 0 Å². The molecular weight excluding hydrogens is 246 g/mol. The van der Waals surface area contributed by atoms with Crippen molar-refractivity contribution in [3.63, 3.8) is 0 Å². The highest BCUT2D eigenvalue weighted by molar-refractivity contribution is 5.76. The first kappa shape index (κ1) is 15.0. The number of aromatic nitrogens is 2. The first-order chi connectivity index (χ1) is 9.49. The number of hydrogen-bond acceptors (Lipinski definition) is 2. The molecule has 2 aromatic rings. The van der Waals surface area contributed by atoms with Gasteiger partial charge >= 0.3 is 0 Å². The molecule has 0 radical (unpaired) electrons. The highest BCUT2D eigenvalue weighted by atomic mass is 15.1. The van der Waals surface area contributed by atoms with Gasteiger partial charge in [0.1, 0.15) is 5.82 Å². The van der Waals surface area contributed by atoms with Crippen LogP contribution in [0.1, 0.15) is 52.4 Å². The number of hydrogen-bond donors (Lipinski definition) is 1. The van der Waals surface area contributed by atoms with E-state index in [1.54, 1.807) is 0 Å². The first-order valence-electron chi connectivity index (χ1n) is 7.69. The van der Waals surface area contributed by atoms with Gasteiger partial charge in [-0.2, -0.15) is 0 Å². The molecule has 2 rings (SSSR count). The van der Waals surface area contributed by atoms with E-state index in [-0.39, 0.29) is 6.04 Å². The van der Waals surface area contributed by atoms with Crippen LogP contribution in [-0.2, 0) is 6.54 Å². The Hall–Kier alpha value is -1.35. The summed E-state index contributed by atoms with van der Waals surface area (Å²) in [6.45, 7) is 9.93. The van der Waals surface area contributed by atoms with Gasteiger partial charge in [0.2, 0.25) is 0 Å². The molecule has 1 atom stereocenters. The lowest BCUT2D eigenvalue weighted by atomic mass is 10.0. The summed E-state index contributed by atoms with van der Waals surface area (Å²) in [7, 11) is 0. The molecule has 2 N–H and O–H groups in total. The molecule has 1 unspecified atom stereocenters. The van der Waals surface area contributed by atoms with E-state index in [1.165, 1.54) is 5.52 Å². The lowest BCUT2D eigenvalue weighted by Gasteiger charge is -2.17. The Morgan fingerprint density at radius 2 is 1.80 bits per heavy atom. The first-order valence-corrected chi connectivity index (χ1v) is 7.69. The number of nitrogens with two attached hydrogens (primary N) is 1. The summed E-state index contributed by atoms with van der Waals surface area (Å²) in [5.74, 6) is 2.31. The molecule has 1 aromatic heterocycles. The second kappa shape index (κ2) is 6.40. The van der Waals surface area contributed by atoms with E-state index in [1.807, 2.05) is 6.07 Å². The van der Waals surface area contributed by atoms with Crippen LogP contribution in [0.5, 0.6) is 0 Å². The van der Waals surface area contributed by atoms with E-state index < -0.39 is 0 Å². The third-order valence-electron chi connectivity index (χ3n) is 3.67. The molecule has 0 saturated heterocycles. The van der Waals surface area contributed by atoms with Crippen molar-refractivity contribution in [1.29, 1.82) is 0 Å². The fraction of sp³-hybridized carbons (Fsp3) is 0.588. The quantitative estimate of drug-likeness (QED) is 0.860. The number of nitrogens with zero attached hydrogens (tertiary/aromatic N) is 2. The second-order valence-corrected chi connectivity index (χ2v) is 6.53. The average Bonchev–Trinajstić information content (AvgIpc) is 2.74. The Bertz CT molecular complexity index is 554. The molecule has 20 heavy (non-hydrogen) atoms. The maximum absolute atomic E-state index is 6.38. The van der Waals surface area contributed by atoms with E-state index in [0.29, 0.717) is 11.8 Å². The van der Waals surface area contributed by atoms with Gasteiger partial charge in [-0.25, -0.2) is 4.98 Å². The number of fused-ring (bicyclic) bond motifs is 1. The van der Waals surface area contributed by atoms with Crippen LogP contribution >= 0.6 is 0 Å². The minimum Gasteiger partial charge on any atom is -0.327 e. The van der Waals surface area contributed by atoms with Crippen molar-refractivity contribution in [2.45, 2.75) is 53.1 Å². The van der Waals surface area contributed by atoms with Crippen molar-refractivity contribution in [3.05, 3.63) is 30.1 Å². The third kappa shape index (κ3) is 3.40. The fourth-order valence-corrected chi connectivity index (χ4v) is 2.61. The summed E-state index contributed by atoms with van der Waals surface area (Å²) in [5.41, 5.74) is 8.65. The summed E-state index contributed by atoms with van der Waals surface area (Å²) in [6.07, 6.45) is 2.13. The molecule has 3 nitrogen and oxygen atoms in total. The van der Waals surface area contributed by atoms with Crippen molar-refractivity contribution in [2.75, 3.05) is 0 Å². The summed E-state index contributed by atoms with van der Waals surface area (Å²) in [4.78, 5) is 4.78. The minimum absolute atomic E-state index is 0.0227. The average molecular weight is 273 g/mol. The summed E-state index contributed by atoms with van der Waals surface area (Å²) in [6, 6.07) is 8.36. The Morgan fingerprint density at radius 3 is 2.45 bits per heavy atom. The predicted molar refractivity (Wildman–Crippen MR) is 85.6 cm³/mol. The molecular formula is C17H27N3. The molecule has 0 fully saturated rings. The third-order valence-corrected chi connectivity index (χ3v) is 3.67. The van der Waals surface area contributed by atoms with Gasteiger partial charge in [0.25, 0.3) is 0 Å². The normalized spacial score (nSPS) is 13.6. The summed E-state index contributed by atoms with van der Waals surface area (Å²) < 4.78 is 2.32. The van der Waals surface area contributed by atoms with Crippen molar-refractivity contribution in [2.24, 2.45) is 17.6 Å². The lowest BCUT2D eigenvalue weighted by Crippen LogP contribution is -2.19. The van der Waals surface area contributed by atoms with Gasteiger partial charge in [-0.05, 0) is 36.8 Å². The van der Waals surface area contributed by atoms with Crippen molar-refractivity contribution in [3.8, 4) is 0 Å². The topological polar surface area (TPSA) is 43.8 Å². The number of benzene rings is 1. The van der Waals surface area contributed by atoms with Gasteiger partial charge in [-0.3, -0.25) is 0 Å². The van der Waals surface area contributed by atoms with Crippen LogP contribution in [-0.4, -0.2) is 9.55 Å². The molecule has 0 amide bonds. The van der Waals surface area contributed by atoms with Crippen LogP contribution in [0, 0.1) is 11.8 Å². The zero-order valence-electron chi connectivity index (χ0n) is 13.1. The Morgan fingerprint density at radius 1 is 1.10 bits per heavy atom. The van der Waals surface area contributed by atoms with Gasteiger partial charge in [0.05, 0.1) is 17.1 Å². The van der Waals surface area contributed by atoms with E-state index >= 15 is 0 Å². The van der Waals surface area contributed by atoms with Crippen LogP contribution in [0.2, 0.25) is 0 Å². The molecule has 110 valence electrons. The smallest absolute Gasteiger partial charge is 0.126 e. The van der Waals surface area contributed by atoms with Gasteiger partial charge in [0, 0.05) is 6.54 Å². The Balaban J connectivity index is 2.38. The zero-order valence-corrected chi connectivity index (χ0v) is 13.1. The number of rotatable bonds is 6. The Labute approximate surface area is 122 Å². The molecule has 1 heterocycles. The van der Waals surface area contributed by atoms with Crippen LogP contribution < -0.4 is 5.73 Å². The van der Waals surface area contributed by atoms with Crippen LogP contribution in [0.3, 0.4) is 0 Å². The van der Waals surface area contributed by atoms with Crippen molar-refractivity contribution < 1.29 is 0 Å². The maximum Gasteiger partial charge on any atom is 0.126 e. The number of para-hydroxylation sites is 2. The SMILES string of the molecule is CC(C)CCn1c(C(N)CC(C)C)nc2ccccc21. The molecule has 0 saturated carbocycles. The Kier molecular flexibility index (Phi) is 4.81. The van der Waals surface area contributed by atoms with Crippen molar-refractivity contribution in [1.82, 2.24) is 9.55 Å². The van der Waals surface area contributed by atoms with Gasteiger partial charge in [-0.15, -0.1) is 0 Å². The molecule has 0 aliphatic carbocycles. The van der Waals surface area contributed by atoms with Crippen LogP contribution in [0.25, 0.3) is 11.0 Å². The molecule has 0 aliphatic heterocycles. The van der Waals surface area contributed by atoms with E-state index in [0.717, 1.165) is 30.7 Å². The predicted octanol–water partition coefficient (Wildman–Crippen LogP) is 4.13. The van der Waals surface area contributed by atoms with E-state index in [2.05, 4.69) is 50.5 Å². The van der Waals surface area contributed by atoms with E-state index in [4.69, 9.17) is 10.7 Å². The molecule has 1 aromatic carbocycles. The minimum atomic E-state index is 0.0227. The number of imidazole rings is 1. The van der Waals surface area contributed by atoms with Crippen LogP contribution in [0.15, 0.2) is 24.3 Å². The van der Waals surface area contributed by atoms with Crippen molar-refractivity contribution >= 4 is 11.0 Å². The standard InChI is InChI=1S/C17H27N3/c1-12(2)9-10-20-16-8-6-5-7-15(16)19-17(20)14(18)11-13(3)4/h5-8,12-14H,9-11,18H2,1-4H3. The summed E-state index contributed by atoms with van der Waals surface area (Å²) >= 11 is 0. The molecule has 0 spiro atoms. The largest absolute Gasteiger partial charge is 0.327 e. The second-order valence-electron chi connectivity index (χ2n) is 6.53. The van der Waals surface area contributed by atoms with Gasteiger partial charge in [-0.1, -0.05) is 39.8 Å². The molecule has 0 bridgehead atoms. The highest BCUT2D eigenvalue weighted by Gasteiger charge is 2.17.